The summed E-state index contributed by atoms with van der Waals surface area (Å²) >= 11 is 1.66. The number of rotatable bonds is 4. The quantitative estimate of drug-likeness (QED) is 0.835. The van der Waals surface area contributed by atoms with Crippen LogP contribution in [0.3, 0.4) is 0 Å². The van der Waals surface area contributed by atoms with Crippen LogP contribution in [0.4, 0.5) is 0 Å². The molecule has 21 heavy (non-hydrogen) atoms. The SMILES string of the molecule is COc1ccc(C#N)cc1CN1CCSCC1S(C)(=O)=O. The standard InChI is InChI=1S/C14H18N2O3S2/c1-19-13-4-3-11(8-15)7-12(13)9-16-5-6-20-10-14(16)21(2,17)18/h3-4,7,14H,5-6,9-10H2,1-2H3. The molecular weight excluding hydrogens is 308 g/mol. The van der Waals surface area contributed by atoms with Gasteiger partial charge in [-0.25, -0.2) is 8.42 Å². The molecule has 1 aromatic carbocycles. The van der Waals surface area contributed by atoms with E-state index in [2.05, 4.69) is 6.07 Å². The third-order valence-electron chi connectivity index (χ3n) is 3.47. The monoisotopic (exact) mass is 326 g/mol. The van der Waals surface area contributed by atoms with Crippen LogP contribution in [0.1, 0.15) is 11.1 Å². The van der Waals surface area contributed by atoms with E-state index >= 15 is 0 Å². The van der Waals surface area contributed by atoms with Crippen molar-refractivity contribution in [3.8, 4) is 11.8 Å². The minimum Gasteiger partial charge on any atom is -0.496 e. The number of hydrogen-bond donors (Lipinski definition) is 0. The van der Waals surface area contributed by atoms with Gasteiger partial charge in [0, 0.05) is 36.4 Å². The second-order valence-corrected chi connectivity index (χ2v) is 8.32. The largest absolute Gasteiger partial charge is 0.496 e. The lowest BCUT2D eigenvalue weighted by molar-refractivity contribution is 0.258. The van der Waals surface area contributed by atoms with Gasteiger partial charge < -0.3 is 4.74 Å². The molecule has 7 heteroatoms. The summed E-state index contributed by atoms with van der Waals surface area (Å²) < 4.78 is 29.2. The van der Waals surface area contributed by atoms with Crippen LogP contribution in [0, 0.1) is 11.3 Å². The lowest BCUT2D eigenvalue weighted by Crippen LogP contribution is -2.46. The van der Waals surface area contributed by atoms with Crippen molar-refractivity contribution < 1.29 is 13.2 Å². The zero-order valence-corrected chi connectivity index (χ0v) is 13.7. The third kappa shape index (κ3) is 3.90. The van der Waals surface area contributed by atoms with Crippen LogP contribution < -0.4 is 4.74 Å². The first-order valence-electron chi connectivity index (χ1n) is 6.53. The predicted octanol–water partition coefficient (Wildman–Crippen LogP) is 1.49. The fraction of sp³-hybridized carbons (Fsp3) is 0.500. The molecule has 1 unspecified atom stereocenters. The van der Waals surface area contributed by atoms with E-state index in [4.69, 9.17) is 10.00 Å². The maximum atomic E-state index is 11.9. The van der Waals surface area contributed by atoms with Gasteiger partial charge in [-0.1, -0.05) is 0 Å². The molecule has 0 aliphatic carbocycles. The Labute approximate surface area is 129 Å². The summed E-state index contributed by atoms with van der Waals surface area (Å²) in [6.07, 6.45) is 1.28. The summed E-state index contributed by atoms with van der Waals surface area (Å²) in [5.74, 6) is 2.17. The Hall–Kier alpha value is -1.23. The number of nitriles is 1. The normalized spacial score (nSPS) is 20.0. The Morgan fingerprint density at radius 2 is 2.29 bits per heavy atom. The van der Waals surface area contributed by atoms with Crippen molar-refractivity contribution in [3.63, 3.8) is 0 Å². The van der Waals surface area contributed by atoms with E-state index in [0.29, 0.717) is 30.2 Å². The summed E-state index contributed by atoms with van der Waals surface area (Å²) in [6, 6.07) is 7.31. The first-order chi connectivity index (χ1) is 9.95. The minimum atomic E-state index is -3.13. The van der Waals surface area contributed by atoms with E-state index < -0.39 is 15.2 Å². The highest BCUT2D eigenvalue weighted by atomic mass is 32.2. The molecule has 0 radical (unpaired) electrons. The zero-order chi connectivity index (χ0) is 15.5. The topological polar surface area (TPSA) is 70.4 Å². The summed E-state index contributed by atoms with van der Waals surface area (Å²) in [7, 11) is -1.56. The van der Waals surface area contributed by atoms with Crippen LogP contribution in [0.2, 0.25) is 0 Å². The predicted molar refractivity (Wildman–Crippen MR) is 84.1 cm³/mol. The smallest absolute Gasteiger partial charge is 0.164 e. The molecule has 1 fully saturated rings. The Morgan fingerprint density at radius 3 is 2.90 bits per heavy atom. The van der Waals surface area contributed by atoms with Crippen LogP contribution in [-0.4, -0.2) is 50.1 Å². The molecule has 1 atom stereocenters. The van der Waals surface area contributed by atoms with Gasteiger partial charge in [0.1, 0.15) is 11.1 Å². The molecule has 2 rings (SSSR count). The van der Waals surface area contributed by atoms with Crippen molar-refractivity contribution in [2.45, 2.75) is 11.9 Å². The minimum absolute atomic E-state index is 0.469. The zero-order valence-electron chi connectivity index (χ0n) is 12.1. The lowest BCUT2D eigenvalue weighted by Gasteiger charge is -2.34. The number of nitrogens with zero attached hydrogens (tertiary/aromatic N) is 2. The summed E-state index contributed by atoms with van der Waals surface area (Å²) in [4.78, 5) is 1.95. The number of sulfone groups is 1. The van der Waals surface area contributed by atoms with Crippen LogP contribution in [-0.2, 0) is 16.4 Å². The van der Waals surface area contributed by atoms with Gasteiger partial charge in [0.15, 0.2) is 9.84 Å². The average molecular weight is 326 g/mol. The van der Waals surface area contributed by atoms with Gasteiger partial charge in [-0.05, 0) is 18.2 Å². The highest BCUT2D eigenvalue weighted by molar-refractivity contribution is 8.00. The number of ether oxygens (including phenoxy) is 1. The number of thioether (sulfide) groups is 1. The molecule has 1 saturated heterocycles. The van der Waals surface area contributed by atoms with Crippen LogP contribution in [0.15, 0.2) is 18.2 Å². The van der Waals surface area contributed by atoms with Crippen LogP contribution >= 0.6 is 11.8 Å². The molecule has 0 spiro atoms. The fourth-order valence-corrected chi connectivity index (χ4v) is 5.32. The first-order valence-corrected chi connectivity index (χ1v) is 9.64. The number of benzene rings is 1. The molecule has 0 N–H and O–H groups in total. The van der Waals surface area contributed by atoms with Crippen molar-refractivity contribution in [2.75, 3.05) is 31.4 Å². The lowest BCUT2D eigenvalue weighted by atomic mass is 10.1. The van der Waals surface area contributed by atoms with Crippen LogP contribution in [0.5, 0.6) is 5.75 Å². The highest BCUT2D eigenvalue weighted by Gasteiger charge is 2.31. The number of hydrogen-bond acceptors (Lipinski definition) is 6. The maximum absolute atomic E-state index is 11.9. The molecule has 1 aliphatic rings. The van der Waals surface area contributed by atoms with Gasteiger partial charge in [-0.2, -0.15) is 17.0 Å². The van der Waals surface area contributed by atoms with Gasteiger partial charge in [-0.15, -0.1) is 0 Å². The summed E-state index contributed by atoms with van der Waals surface area (Å²) in [6.45, 7) is 1.18. The van der Waals surface area contributed by atoms with Gasteiger partial charge in [0.2, 0.25) is 0 Å². The van der Waals surface area contributed by atoms with E-state index in [0.717, 1.165) is 11.3 Å². The molecule has 114 valence electrons. The van der Waals surface area contributed by atoms with E-state index in [1.54, 1.807) is 37.1 Å². The molecule has 0 amide bonds. The van der Waals surface area contributed by atoms with E-state index in [1.165, 1.54) is 6.26 Å². The Kier molecular flexibility index (Phi) is 5.14. The Morgan fingerprint density at radius 1 is 1.52 bits per heavy atom. The molecule has 1 aliphatic heterocycles. The Balaban J connectivity index is 2.29. The van der Waals surface area contributed by atoms with Crippen molar-refractivity contribution in [2.24, 2.45) is 0 Å². The first kappa shape index (κ1) is 16.1. The van der Waals surface area contributed by atoms with Crippen LogP contribution in [0.25, 0.3) is 0 Å². The summed E-state index contributed by atoms with van der Waals surface area (Å²) in [5.41, 5.74) is 1.39. The molecule has 1 aromatic rings. The molecule has 5 nitrogen and oxygen atoms in total. The molecule has 0 saturated carbocycles. The second kappa shape index (κ2) is 6.69. The average Bonchev–Trinajstić information content (AvgIpc) is 2.46. The van der Waals surface area contributed by atoms with Crippen molar-refractivity contribution in [3.05, 3.63) is 29.3 Å². The van der Waals surface area contributed by atoms with E-state index in [-0.39, 0.29) is 0 Å². The van der Waals surface area contributed by atoms with Crippen molar-refractivity contribution >= 4 is 21.6 Å². The third-order valence-corrected chi connectivity index (χ3v) is 6.15. The van der Waals surface area contributed by atoms with Crippen molar-refractivity contribution in [1.29, 1.82) is 5.26 Å². The van der Waals surface area contributed by atoms with Crippen molar-refractivity contribution in [1.82, 2.24) is 4.90 Å². The second-order valence-electron chi connectivity index (χ2n) is 4.97. The van der Waals surface area contributed by atoms with Gasteiger partial charge in [-0.3, -0.25) is 4.90 Å². The number of methoxy groups -OCH3 is 1. The van der Waals surface area contributed by atoms with Gasteiger partial charge in [0.25, 0.3) is 0 Å². The van der Waals surface area contributed by atoms with Gasteiger partial charge >= 0.3 is 0 Å². The molecule has 0 bridgehead atoms. The van der Waals surface area contributed by atoms with Gasteiger partial charge in [0.05, 0.1) is 18.7 Å². The molecule has 1 heterocycles. The molecule has 0 aromatic heterocycles. The van der Waals surface area contributed by atoms with E-state index in [9.17, 15) is 8.42 Å². The Bertz CT molecular complexity index is 653. The highest BCUT2D eigenvalue weighted by Crippen LogP contribution is 2.26. The summed E-state index contributed by atoms with van der Waals surface area (Å²) in [5, 5.41) is 8.53. The molecular formula is C14H18N2O3S2. The van der Waals surface area contributed by atoms with E-state index in [1.807, 2.05) is 4.90 Å². The maximum Gasteiger partial charge on any atom is 0.164 e. The fourth-order valence-electron chi connectivity index (χ4n) is 2.38.